The van der Waals surface area contributed by atoms with E-state index in [2.05, 4.69) is 18.5 Å². The number of carboxylic acid groups (broad SMARTS) is 1. The standard InChI is InChI=1S/C11H17NO3/c1-4-6-9(7-5-2)10(13)12-8(3)11(14)15/h4-5,8-9H,1-2,6-7H2,3H3,(H,12,13)(H,14,15). The molecule has 1 atom stereocenters. The third kappa shape index (κ3) is 5.00. The van der Waals surface area contributed by atoms with Crippen LogP contribution in [0, 0.1) is 5.92 Å². The largest absolute Gasteiger partial charge is 0.480 e. The van der Waals surface area contributed by atoms with Crippen LogP contribution in [-0.2, 0) is 9.59 Å². The summed E-state index contributed by atoms with van der Waals surface area (Å²) in [4.78, 5) is 22.1. The van der Waals surface area contributed by atoms with E-state index < -0.39 is 12.0 Å². The summed E-state index contributed by atoms with van der Waals surface area (Å²) in [5.74, 6) is -1.59. The number of hydrogen-bond donors (Lipinski definition) is 2. The topological polar surface area (TPSA) is 66.4 Å². The Balaban J connectivity index is 4.29. The van der Waals surface area contributed by atoms with Gasteiger partial charge in [-0.2, -0.15) is 0 Å². The molecule has 15 heavy (non-hydrogen) atoms. The minimum absolute atomic E-state index is 0.273. The van der Waals surface area contributed by atoms with E-state index in [0.717, 1.165) is 0 Å². The van der Waals surface area contributed by atoms with Gasteiger partial charge in [-0.05, 0) is 19.8 Å². The summed E-state index contributed by atoms with van der Waals surface area (Å²) < 4.78 is 0. The Kier molecular flexibility index (Phi) is 6.09. The van der Waals surface area contributed by atoms with Crippen LogP contribution in [0.1, 0.15) is 19.8 Å². The fraction of sp³-hybridized carbons (Fsp3) is 0.455. The second-order valence-electron chi connectivity index (χ2n) is 3.31. The van der Waals surface area contributed by atoms with Gasteiger partial charge < -0.3 is 10.4 Å². The third-order valence-corrected chi connectivity index (χ3v) is 2.00. The quantitative estimate of drug-likeness (QED) is 0.624. The number of allylic oxidation sites excluding steroid dienone is 2. The predicted octanol–water partition coefficient (Wildman–Crippen LogP) is 1.34. The number of carbonyl (C=O) groups is 2. The molecule has 0 saturated heterocycles. The van der Waals surface area contributed by atoms with Gasteiger partial charge >= 0.3 is 5.97 Å². The predicted molar refractivity (Wildman–Crippen MR) is 58.4 cm³/mol. The van der Waals surface area contributed by atoms with Gasteiger partial charge in [0.25, 0.3) is 0 Å². The number of carboxylic acids is 1. The lowest BCUT2D eigenvalue weighted by Crippen LogP contribution is -2.41. The Morgan fingerprint density at radius 1 is 1.33 bits per heavy atom. The second-order valence-corrected chi connectivity index (χ2v) is 3.31. The zero-order chi connectivity index (χ0) is 11.8. The first-order chi connectivity index (χ1) is 7.02. The minimum atomic E-state index is -1.04. The van der Waals surface area contributed by atoms with Gasteiger partial charge in [-0.15, -0.1) is 13.2 Å². The molecule has 2 N–H and O–H groups in total. The molecule has 0 aliphatic carbocycles. The second kappa shape index (κ2) is 6.81. The molecule has 0 aliphatic rings. The number of amides is 1. The maximum absolute atomic E-state index is 11.6. The summed E-state index contributed by atoms with van der Waals surface area (Å²) in [6.07, 6.45) is 4.31. The molecule has 0 heterocycles. The zero-order valence-electron chi connectivity index (χ0n) is 8.90. The van der Waals surface area contributed by atoms with E-state index in [9.17, 15) is 9.59 Å². The molecule has 0 aromatic carbocycles. The SMILES string of the molecule is C=CCC(CC=C)C(=O)NC(C)C(=O)O. The summed E-state index contributed by atoms with van der Waals surface area (Å²) in [6.45, 7) is 8.53. The number of carbonyl (C=O) groups excluding carboxylic acids is 1. The molecule has 0 spiro atoms. The van der Waals surface area contributed by atoms with Crippen molar-refractivity contribution >= 4 is 11.9 Å². The molecule has 4 nitrogen and oxygen atoms in total. The highest BCUT2D eigenvalue weighted by atomic mass is 16.4. The van der Waals surface area contributed by atoms with Gasteiger partial charge in [-0.3, -0.25) is 9.59 Å². The maximum Gasteiger partial charge on any atom is 0.325 e. The average molecular weight is 211 g/mol. The number of hydrogen-bond acceptors (Lipinski definition) is 2. The van der Waals surface area contributed by atoms with Gasteiger partial charge in [0, 0.05) is 5.92 Å². The van der Waals surface area contributed by atoms with Gasteiger partial charge in [0.2, 0.25) is 5.91 Å². The lowest BCUT2D eigenvalue weighted by atomic mass is 10.00. The monoisotopic (exact) mass is 211 g/mol. The molecule has 0 aromatic rings. The van der Waals surface area contributed by atoms with Crippen molar-refractivity contribution < 1.29 is 14.7 Å². The van der Waals surface area contributed by atoms with Gasteiger partial charge in [-0.1, -0.05) is 12.2 Å². The van der Waals surface area contributed by atoms with Crippen molar-refractivity contribution in [1.29, 1.82) is 0 Å². The van der Waals surface area contributed by atoms with Crippen LogP contribution in [0.4, 0.5) is 0 Å². The third-order valence-electron chi connectivity index (χ3n) is 2.00. The Morgan fingerprint density at radius 2 is 1.80 bits per heavy atom. The molecule has 0 aliphatic heterocycles. The van der Waals surface area contributed by atoms with Crippen molar-refractivity contribution in [2.45, 2.75) is 25.8 Å². The molecular weight excluding hydrogens is 194 g/mol. The summed E-state index contributed by atoms with van der Waals surface area (Å²) in [7, 11) is 0. The average Bonchev–Trinajstić information content (AvgIpc) is 2.17. The Morgan fingerprint density at radius 3 is 2.13 bits per heavy atom. The normalized spacial score (nSPS) is 11.9. The van der Waals surface area contributed by atoms with E-state index in [-0.39, 0.29) is 11.8 Å². The van der Waals surface area contributed by atoms with E-state index in [1.807, 2.05) is 0 Å². The van der Waals surface area contributed by atoms with E-state index in [1.165, 1.54) is 6.92 Å². The highest BCUT2D eigenvalue weighted by Gasteiger charge is 2.20. The first kappa shape index (κ1) is 13.4. The number of rotatable bonds is 7. The van der Waals surface area contributed by atoms with Gasteiger partial charge in [0.05, 0.1) is 0 Å². The van der Waals surface area contributed by atoms with Crippen LogP contribution >= 0.6 is 0 Å². The van der Waals surface area contributed by atoms with Crippen LogP contribution in [0.25, 0.3) is 0 Å². The van der Waals surface area contributed by atoms with Crippen molar-refractivity contribution in [3.63, 3.8) is 0 Å². The molecule has 1 unspecified atom stereocenters. The fourth-order valence-corrected chi connectivity index (χ4v) is 1.11. The van der Waals surface area contributed by atoms with Crippen molar-refractivity contribution in [1.82, 2.24) is 5.32 Å². The summed E-state index contributed by atoms with van der Waals surface area (Å²) in [5.41, 5.74) is 0. The Labute approximate surface area is 89.7 Å². The van der Waals surface area contributed by atoms with Gasteiger partial charge in [-0.25, -0.2) is 0 Å². The van der Waals surface area contributed by atoms with E-state index in [1.54, 1.807) is 12.2 Å². The van der Waals surface area contributed by atoms with Crippen LogP contribution in [0.3, 0.4) is 0 Å². The van der Waals surface area contributed by atoms with Gasteiger partial charge in [0.1, 0.15) is 6.04 Å². The number of nitrogens with one attached hydrogen (secondary N) is 1. The van der Waals surface area contributed by atoms with Gasteiger partial charge in [0.15, 0.2) is 0 Å². The fourth-order valence-electron chi connectivity index (χ4n) is 1.11. The molecule has 4 heteroatoms. The van der Waals surface area contributed by atoms with Crippen LogP contribution in [-0.4, -0.2) is 23.0 Å². The molecule has 1 amide bonds. The Bertz CT molecular complexity index is 251. The summed E-state index contributed by atoms with van der Waals surface area (Å²) >= 11 is 0. The molecule has 0 rings (SSSR count). The summed E-state index contributed by atoms with van der Waals surface area (Å²) in [5, 5.41) is 11.0. The van der Waals surface area contributed by atoms with E-state index in [4.69, 9.17) is 5.11 Å². The van der Waals surface area contributed by atoms with Crippen molar-refractivity contribution in [3.8, 4) is 0 Å². The van der Waals surface area contributed by atoms with Crippen LogP contribution in [0.15, 0.2) is 25.3 Å². The molecule has 0 fully saturated rings. The highest BCUT2D eigenvalue weighted by molar-refractivity contribution is 5.84. The summed E-state index contributed by atoms with van der Waals surface area (Å²) in [6, 6.07) is -0.866. The van der Waals surface area contributed by atoms with Crippen LogP contribution in [0.2, 0.25) is 0 Å². The molecular formula is C11H17NO3. The van der Waals surface area contributed by atoms with Crippen LogP contribution in [0.5, 0.6) is 0 Å². The number of aliphatic carboxylic acids is 1. The maximum atomic E-state index is 11.6. The van der Waals surface area contributed by atoms with Crippen LogP contribution < -0.4 is 5.32 Å². The first-order valence-corrected chi connectivity index (χ1v) is 4.77. The Hall–Kier alpha value is -1.58. The zero-order valence-corrected chi connectivity index (χ0v) is 8.90. The lowest BCUT2D eigenvalue weighted by molar-refractivity contribution is -0.141. The molecule has 0 aromatic heterocycles. The van der Waals surface area contributed by atoms with Crippen molar-refractivity contribution in [2.75, 3.05) is 0 Å². The molecule has 0 radical (unpaired) electrons. The lowest BCUT2D eigenvalue weighted by Gasteiger charge is -2.15. The molecule has 0 bridgehead atoms. The van der Waals surface area contributed by atoms with Crippen molar-refractivity contribution in [2.24, 2.45) is 5.92 Å². The molecule has 84 valence electrons. The molecule has 0 saturated carbocycles. The highest BCUT2D eigenvalue weighted by Crippen LogP contribution is 2.10. The first-order valence-electron chi connectivity index (χ1n) is 4.77. The smallest absolute Gasteiger partial charge is 0.325 e. The minimum Gasteiger partial charge on any atom is -0.480 e. The van der Waals surface area contributed by atoms with E-state index in [0.29, 0.717) is 12.8 Å². The van der Waals surface area contributed by atoms with Crippen molar-refractivity contribution in [3.05, 3.63) is 25.3 Å². The van der Waals surface area contributed by atoms with E-state index >= 15 is 0 Å².